The molecule has 3 aromatic rings. The first-order chi connectivity index (χ1) is 12.4. The topological polar surface area (TPSA) is 137 Å². The summed E-state index contributed by atoms with van der Waals surface area (Å²) in [6, 6.07) is 4.03. The summed E-state index contributed by atoms with van der Waals surface area (Å²) in [5.41, 5.74) is 0.340. The van der Waals surface area contributed by atoms with Gasteiger partial charge in [-0.25, -0.2) is 19.7 Å². The van der Waals surface area contributed by atoms with E-state index in [1.165, 1.54) is 36.0 Å². The van der Waals surface area contributed by atoms with E-state index in [2.05, 4.69) is 25.6 Å². The van der Waals surface area contributed by atoms with Crippen molar-refractivity contribution >= 4 is 51.6 Å². The number of thiazole rings is 1. The standard InChI is InChI=1S/C15H10ClN5O4S/c16-10-2-1-8(22)3-9(10)12(23)19-7-4-17-14(18-5-7)21-15-20-11(6-26-15)13(24)25/h1-6,22H,(H,19,23)(H,24,25)(H,17,18,20,21). The normalized spacial score (nSPS) is 10.3. The van der Waals surface area contributed by atoms with Crippen molar-refractivity contribution in [1.82, 2.24) is 15.0 Å². The summed E-state index contributed by atoms with van der Waals surface area (Å²) in [6.45, 7) is 0. The first kappa shape index (κ1) is 17.6. The number of carboxylic acids is 1. The molecule has 0 aliphatic heterocycles. The van der Waals surface area contributed by atoms with Crippen LogP contribution >= 0.6 is 22.9 Å². The lowest BCUT2D eigenvalue weighted by Crippen LogP contribution is -2.13. The lowest BCUT2D eigenvalue weighted by molar-refractivity contribution is 0.0691. The molecule has 0 bridgehead atoms. The number of aromatic hydroxyl groups is 1. The number of nitrogens with zero attached hydrogens (tertiary/aromatic N) is 3. The number of anilines is 3. The third-order valence-electron chi connectivity index (χ3n) is 3.05. The van der Waals surface area contributed by atoms with Gasteiger partial charge in [-0.3, -0.25) is 4.79 Å². The Hall–Kier alpha value is -3.24. The van der Waals surface area contributed by atoms with Gasteiger partial charge in [0.1, 0.15) is 5.75 Å². The maximum absolute atomic E-state index is 12.2. The summed E-state index contributed by atoms with van der Waals surface area (Å²) >= 11 is 7.03. The molecule has 4 N–H and O–H groups in total. The number of rotatable bonds is 5. The van der Waals surface area contributed by atoms with Crippen molar-refractivity contribution in [2.24, 2.45) is 0 Å². The average molecular weight is 392 g/mol. The highest BCUT2D eigenvalue weighted by atomic mass is 35.5. The molecule has 26 heavy (non-hydrogen) atoms. The lowest BCUT2D eigenvalue weighted by atomic mass is 10.2. The van der Waals surface area contributed by atoms with Crippen LogP contribution in [0.2, 0.25) is 5.02 Å². The average Bonchev–Trinajstić information content (AvgIpc) is 3.07. The smallest absolute Gasteiger partial charge is 0.355 e. The SMILES string of the molecule is O=C(O)c1csc(Nc2ncc(NC(=O)c3cc(O)ccc3Cl)cn2)n1. The minimum atomic E-state index is -1.13. The summed E-state index contributed by atoms with van der Waals surface area (Å²) in [5.74, 6) is -1.55. The van der Waals surface area contributed by atoms with Gasteiger partial charge < -0.3 is 20.8 Å². The van der Waals surface area contributed by atoms with Gasteiger partial charge in [-0.05, 0) is 18.2 Å². The Balaban J connectivity index is 1.68. The van der Waals surface area contributed by atoms with Gasteiger partial charge in [0.2, 0.25) is 5.95 Å². The molecule has 9 nitrogen and oxygen atoms in total. The first-order valence-corrected chi connectivity index (χ1v) is 8.26. The Bertz CT molecular complexity index is 976. The van der Waals surface area contributed by atoms with Crippen molar-refractivity contribution in [3.63, 3.8) is 0 Å². The molecule has 2 aromatic heterocycles. The molecule has 1 amide bonds. The quantitative estimate of drug-likeness (QED) is 0.520. The van der Waals surface area contributed by atoms with Gasteiger partial charge in [0.05, 0.1) is 28.7 Å². The van der Waals surface area contributed by atoms with Gasteiger partial charge in [-0.15, -0.1) is 11.3 Å². The third-order valence-corrected chi connectivity index (χ3v) is 4.13. The van der Waals surface area contributed by atoms with Crippen LogP contribution in [0.4, 0.5) is 16.8 Å². The molecule has 0 atom stereocenters. The van der Waals surface area contributed by atoms with Crippen molar-refractivity contribution in [3.8, 4) is 5.75 Å². The number of carboxylic acid groups (broad SMARTS) is 1. The monoisotopic (exact) mass is 391 g/mol. The van der Waals surface area contributed by atoms with Crippen molar-refractivity contribution < 1.29 is 19.8 Å². The van der Waals surface area contributed by atoms with Crippen molar-refractivity contribution in [1.29, 1.82) is 0 Å². The van der Waals surface area contributed by atoms with Crippen LogP contribution in [0.1, 0.15) is 20.8 Å². The molecule has 0 fully saturated rings. The molecule has 3 rings (SSSR count). The number of carbonyl (C=O) groups is 2. The molecule has 0 unspecified atom stereocenters. The van der Waals surface area contributed by atoms with E-state index in [0.29, 0.717) is 10.8 Å². The molecule has 2 heterocycles. The lowest BCUT2D eigenvalue weighted by Gasteiger charge is -2.07. The number of benzene rings is 1. The number of hydrogen-bond donors (Lipinski definition) is 4. The van der Waals surface area contributed by atoms with Crippen LogP contribution in [-0.4, -0.2) is 37.0 Å². The maximum Gasteiger partial charge on any atom is 0.355 e. The number of aromatic nitrogens is 3. The highest BCUT2D eigenvalue weighted by molar-refractivity contribution is 7.14. The van der Waals surface area contributed by atoms with Crippen LogP contribution < -0.4 is 10.6 Å². The van der Waals surface area contributed by atoms with E-state index in [1.807, 2.05) is 0 Å². The van der Waals surface area contributed by atoms with E-state index in [1.54, 1.807) is 0 Å². The predicted octanol–water partition coefficient (Wildman–Crippen LogP) is 2.99. The fourth-order valence-electron chi connectivity index (χ4n) is 1.87. The van der Waals surface area contributed by atoms with Crippen LogP contribution in [-0.2, 0) is 0 Å². The van der Waals surface area contributed by atoms with Gasteiger partial charge in [0, 0.05) is 5.38 Å². The Morgan fingerprint density at radius 3 is 2.58 bits per heavy atom. The largest absolute Gasteiger partial charge is 0.508 e. The summed E-state index contributed by atoms with van der Waals surface area (Å²) in [7, 11) is 0. The molecular weight excluding hydrogens is 382 g/mol. The molecule has 1 aromatic carbocycles. The van der Waals surface area contributed by atoms with Crippen LogP contribution in [0.3, 0.4) is 0 Å². The molecule has 0 saturated carbocycles. The van der Waals surface area contributed by atoms with Gasteiger partial charge in [0.15, 0.2) is 10.8 Å². The van der Waals surface area contributed by atoms with E-state index < -0.39 is 11.9 Å². The summed E-state index contributed by atoms with van der Waals surface area (Å²) in [5, 5.41) is 25.5. The van der Waals surface area contributed by atoms with E-state index in [0.717, 1.165) is 11.3 Å². The molecule has 132 valence electrons. The molecule has 11 heteroatoms. The summed E-state index contributed by atoms with van der Waals surface area (Å²) in [6.07, 6.45) is 2.71. The van der Waals surface area contributed by atoms with Gasteiger partial charge >= 0.3 is 5.97 Å². The van der Waals surface area contributed by atoms with E-state index in [4.69, 9.17) is 16.7 Å². The van der Waals surface area contributed by atoms with Crippen LogP contribution in [0.5, 0.6) is 5.75 Å². The fraction of sp³-hybridized carbons (Fsp3) is 0. The molecule has 0 radical (unpaired) electrons. The fourth-order valence-corrected chi connectivity index (χ4v) is 2.75. The number of phenols is 1. The zero-order valence-corrected chi connectivity index (χ0v) is 14.4. The van der Waals surface area contributed by atoms with Gasteiger partial charge in [-0.1, -0.05) is 11.6 Å². The molecule has 0 spiro atoms. The molecular formula is C15H10ClN5O4S. The van der Waals surface area contributed by atoms with E-state index >= 15 is 0 Å². The third kappa shape index (κ3) is 4.05. The van der Waals surface area contributed by atoms with Crippen LogP contribution in [0.15, 0.2) is 36.0 Å². The number of aromatic carboxylic acids is 1. The van der Waals surface area contributed by atoms with Crippen LogP contribution in [0, 0.1) is 0 Å². The number of nitrogens with one attached hydrogen (secondary N) is 2. The zero-order valence-electron chi connectivity index (χ0n) is 12.8. The predicted molar refractivity (Wildman–Crippen MR) is 95.5 cm³/mol. The van der Waals surface area contributed by atoms with E-state index in [-0.39, 0.29) is 28.0 Å². The Kier molecular flexibility index (Phi) is 4.96. The molecule has 0 aliphatic carbocycles. The number of hydrogen-bond acceptors (Lipinski definition) is 8. The van der Waals surface area contributed by atoms with Crippen LogP contribution in [0.25, 0.3) is 0 Å². The summed E-state index contributed by atoms with van der Waals surface area (Å²) < 4.78 is 0. The number of amides is 1. The summed E-state index contributed by atoms with van der Waals surface area (Å²) in [4.78, 5) is 34.9. The molecule has 0 aliphatic rings. The second-order valence-electron chi connectivity index (χ2n) is 4.88. The molecule has 0 saturated heterocycles. The second-order valence-corrected chi connectivity index (χ2v) is 6.15. The zero-order chi connectivity index (χ0) is 18.7. The Labute approximate surface area is 155 Å². The number of halogens is 1. The van der Waals surface area contributed by atoms with Crippen molar-refractivity contribution in [2.75, 3.05) is 10.6 Å². The van der Waals surface area contributed by atoms with Crippen molar-refractivity contribution in [3.05, 3.63) is 52.3 Å². The minimum Gasteiger partial charge on any atom is -0.508 e. The second kappa shape index (κ2) is 7.33. The van der Waals surface area contributed by atoms with Gasteiger partial charge in [0.25, 0.3) is 5.91 Å². The maximum atomic E-state index is 12.2. The highest BCUT2D eigenvalue weighted by Gasteiger charge is 2.13. The Morgan fingerprint density at radius 1 is 1.19 bits per heavy atom. The minimum absolute atomic E-state index is 0.0793. The highest BCUT2D eigenvalue weighted by Crippen LogP contribution is 2.23. The number of carbonyl (C=O) groups excluding carboxylic acids is 1. The van der Waals surface area contributed by atoms with Crippen molar-refractivity contribution in [2.45, 2.75) is 0 Å². The van der Waals surface area contributed by atoms with Gasteiger partial charge in [-0.2, -0.15) is 0 Å². The van der Waals surface area contributed by atoms with E-state index in [9.17, 15) is 14.7 Å². The first-order valence-electron chi connectivity index (χ1n) is 7.00. The Morgan fingerprint density at radius 2 is 1.92 bits per heavy atom. The number of phenolic OH excluding ortho intramolecular Hbond substituents is 1.